The summed E-state index contributed by atoms with van der Waals surface area (Å²) in [5, 5.41) is 11.9. The summed E-state index contributed by atoms with van der Waals surface area (Å²) in [7, 11) is 0. The first-order chi connectivity index (χ1) is 16.0. The van der Waals surface area contributed by atoms with Crippen LogP contribution in [0.5, 0.6) is 0 Å². The molecule has 34 heavy (non-hydrogen) atoms. The monoisotopic (exact) mass is 485 g/mol. The molecule has 0 saturated heterocycles. The zero-order chi connectivity index (χ0) is 25.1. The van der Waals surface area contributed by atoms with Crippen LogP contribution < -0.4 is 5.32 Å². The molecule has 2 saturated carbocycles. The lowest BCUT2D eigenvalue weighted by Crippen LogP contribution is -2.41. The third kappa shape index (κ3) is 6.30. The number of anilines is 1. The van der Waals surface area contributed by atoms with Crippen molar-refractivity contribution in [2.75, 3.05) is 5.32 Å². The molecule has 1 aromatic rings. The van der Waals surface area contributed by atoms with Crippen LogP contribution in [-0.4, -0.2) is 23.2 Å². The van der Waals surface area contributed by atoms with Gasteiger partial charge in [-0.15, -0.1) is 0 Å². The van der Waals surface area contributed by atoms with E-state index in [9.17, 15) is 32.3 Å². The van der Waals surface area contributed by atoms with Crippen molar-refractivity contribution in [3.63, 3.8) is 0 Å². The third-order valence-electron chi connectivity index (χ3n) is 7.96. The van der Waals surface area contributed by atoms with Crippen molar-refractivity contribution in [1.82, 2.24) is 0 Å². The van der Waals surface area contributed by atoms with Crippen molar-refractivity contribution in [2.45, 2.75) is 84.2 Å². The Morgan fingerprint density at radius 2 is 1.82 bits per heavy atom. The topological polar surface area (TPSA) is 66.4 Å². The Labute approximate surface area is 198 Å². The molecule has 2 fully saturated rings. The van der Waals surface area contributed by atoms with E-state index in [1.54, 1.807) is 0 Å². The molecule has 2 aliphatic rings. The SMILES string of the molecule is CCC1CCCCC(C(C(=O)Nc2cc(CC3(C(=O)O)CC3)ccc2F)[C@H](C)C(F)(F)F)CC1. The molecule has 0 radical (unpaired) electrons. The number of alkyl halides is 3. The maximum absolute atomic E-state index is 14.5. The van der Waals surface area contributed by atoms with E-state index in [1.807, 2.05) is 0 Å². The Hall–Kier alpha value is -2.12. The highest BCUT2D eigenvalue weighted by atomic mass is 19.4. The van der Waals surface area contributed by atoms with E-state index < -0.39 is 47.0 Å². The highest BCUT2D eigenvalue weighted by Gasteiger charge is 2.50. The molecule has 0 aliphatic heterocycles. The number of nitrogens with one attached hydrogen (secondary N) is 1. The number of hydrogen-bond acceptors (Lipinski definition) is 2. The Bertz CT molecular complexity index is 881. The molecule has 2 N–H and O–H groups in total. The van der Waals surface area contributed by atoms with E-state index in [0.717, 1.165) is 45.1 Å². The van der Waals surface area contributed by atoms with Gasteiger partial charge in [-0.3, -0.25) is 9.59 Å². The fourth-order valence-electron chi connectivity index (χ4n) is 5.40. The number of benzene rings is 1. The summed E-state index contributed by atoms with van der Waals surface area (Å²) < 4.78 is 55.9. The maximum atomic E-state index is 14.5. The fraction of sp³-hybridized carbons (Fsp3) is 0.692. The molecule has 1 amide bonds. The molecular weight excluding hydrogens is 450 g/mol. The highest BCUT2D eigenvalue weighted by Crippen LogP contribution is 2.49. The average Bonchev–Trinajstić information content (AvgIpc) is 3.52. The number of rotatable bonds is 8. The summed E-state index contributed by atoms with van der Waals surface area (Å²) in [5.41, 5.74) is -0.532. The number of carboxylic acid groups (broad SMARTS) is 1. The first-order valence-electron chi connectivity index (χ1n) is 12.4. The Balaban J connectivity index is 1.82. The third-order valence-corrected chi connectivity index (χ3v) is 7.96. The molecule has 2 aliphatic carbocycles. The molecule has 0 spiro atoms. The molecule has 0 aromatic heterocycles. The summed E-state index contributed by atoms with van der Waals surface area (Å²) in [5.74, 6) is -5.64. The van der Waals surface area contributed by atoms with Crippen molar-refractivity contribution in [3.05, 3.63) is 29.6 Å². The van der Waals surface area contributed by atoms with Crippen molar-refractivity contribution in [2.24, 2.45) is 29.1 Å². The van der Waals surface area contributed by atoms with Crippen LogP contribution in [0, 0.1) is 34.9 Å². The predicted octanol–water partition coefficient (Wildman–Crippen LogP) is 6.98. The van der Waals surface area contributed by atoms with Crippen molar-refractivity contribution < 1.29 is 32.3 Å². The summed E-state index contributed by atoms with van der Waals surface area (Å²) in [4.78, 5) is 24.7. The minimum atomic E-state index is -4.55. The number of halogens is 4. The fourth-order valence-corrected chi connectivity index (χ4v) is 5.40. The predicted molar refractivity (Wildman–Crippen MR) is 122 cm³/mol. The van der Waals surface area contributed by atoms with Gasteiger partial charge in [-0.1, -0.05) is 52.0 Å². The molecule has 4 atom stereocenters. The van der Waals surface area contributed by atoms with Gasteiger partial charge in [0.2, 0.25) is 5.91 Å². The second kappa shape index (κ2) is 10.6. The van der Waals surface area contributed by atoms with Crippen LogP contribution in [0.2, 0.25) is 0 Å². The van der Waals surface area contributed by atoms with Crippen LogP contribution in [-0.2, 0) is 16.0 Å². The van der Waals surface area contributed by atoms with E-state index in [2.05, 4.69) is 12.2 Å². The first kappa shape index (κ1) is 26.5. The number of amides is 1. The number of aliphatic carboxylic acids is 1. The molecule has 3 rings (SSSR count). The Morgan fingerprint density at radius 1 is 1.15 bits per heavy atom. The maximum Gasteiger partial charge on any atom is 0.392 e. The van der Waals surface area contributed by atoms with Gasteiger partial charge < -0.3 is 10.4 Å². The van der Waals surface area contributed by atoms with Gasteiger partial charge in [0.1, 0.15) is 5.82 Å². The van der Waals surface area contributed by atoms with Gasteiger partial charge in [0.25, 0.3) is 0 Å². The van der Waals surface area contributed by atoms with Crippen LogP contribution in [0.3, 0.4) is 0 Å². The van der Waals surface area contributed by atoms with E-state index >= 15 is 0 Å². The lowest BCUT2D eigenvalue weighted by Gasteiger charge is -2.34. The second-order valence-electron chi connectivity index (χ2n) is 10.3. The molecule has 4 nitrogen and oxygen atoms in total. The number of carboxylic acids is 1. The number of hydrogen-bond donors (Lipinski definition) is 2. The van der Waals surface area contributed by atoms with Gasteiger partial charge in [-0.25, -0.2) is 4.39 Å². The van der Waals surface area contributed by atoms with Crippen molar-refractivity contribution in [1.29, 1.82) is 0 Å². The lowest BCUT2D eigenvalue weighted by molar-refractivity contribution is -0.191. The van der Waals surface area contributed by atoms with Crippen molar-refractivity contribution >= 4 is 17.6 Å². The zero-order valence-corrected chi connectivity index (χ0v) is 19.9. The Kier molecular flexibility index (Phi) is 8.30. The van der Waals surface area contributed by atoms with Gasteiger partial charge in [0, 0.05) is 0 Å². The molecular formula is C26H35F4NO3. The lowest BCUT2D eigenvalue weighted by atomic mass is 9.73. The van der Waals surface area contributed by atoms with E-state index in [1.165, 1.54) is 12.1 Å². The quantitative estimate of drug-likeness (QED) is 0.390. The molecule has 8 heteroatoms. The second-order valence-corrected chi connectivity index (χ2v) is 10.3. The van der Waals surface area contributed by atoms with E-state index in [4.69, 9.17) is 0 Å². The largest absolute Gasteiger partial charge is 0.481 e. The van der Waals surface area contributed by atoms with Crippen LogP contribution >= 0.6 is 0 Å². The Morgan fingerprint density at radius 3 is 2.41 bits per heavy atom. The van der Waals surface area contributed by atoms with Gasteiger partial charge in [-0.2, -0.15) is 13.2 Å². The smallest absolute Gasteiger partial charge is 0.392 e. The number of carbonyl (C=O) groups is 2. The average molecular weight is 486 g/mol. The summed E-state index contributed by atoms with van der Waals surface area (Å²) >= 11 is 0. The van der Waals surface area contributed by atoms with Crippen LogP contribution in [0.4, 0.5) is 23.2 Å². The van der Waals surface area contributed by atoms with Gasteiger partial charge >= 0.3 is 12.1 Å². The molecule has 1 aromatic carbocycles. The molecule has 0 heterocycles. The first-order valence-corrected chi connectivity index (χ1v) is 12.4. The normalized spacial score (nSPS) is 24.4. The van der Waals surface area contributed by atoms with Crippen LogP contribution in [0.1, 0.15) is 77.2 Å². The standard InChI is InChI=1S/C26H35F4NO3/c1-3-17-6-4-5-7-19(10-8-17)22(16(2)26(28,29)30)23(32)31-21-14-18(9-11-20(21)27)15-25(12-13-25)24(33)34/h9,11,14,16-17,19,22H,3-8,10,12-13,15H2,1-2H3,(H,31,32)(H,33,34)/t16-,17?,19?,22?/m0/s1. The van der Waals surface area contributed by atoms with Crippen LogP contribution in [0.25, 0.3) is 0 Å². The minimum Gasteiger partial charge on any atom is -0.481 e. The van der Waals surface area contributed by atoms with Crippen molar-refractivity contribution in [3.8, 4) is 0 Å². The van der Waals surface area contributed by atoms with Gasteiger partial charge in [-0.05, 0) is 61.6 Å². The summed E-state index contributed by atoms with van der Waals surface area (Å²) in [6.45, 7) is 3.12. The van der Waals surface area contributed by atoms with Gasteiger partial charge in [0.15, 0.2) is 0 Å². The van der Waals surface area contributed by atoms with Gasteiger partial charge in [0.05, 0.1) is 22.9 Å². The van der Waals surface area contributed by atoms with E-state index in [0.29, 0.717) is 37.2 Å². The summed E-state index contributed by atoms with van der Waals surface area (Å²) in [6.07, 6.45) is 2.29. The molecule has 3 unspecified atom stereocenters. The minimum absolute atomic E-state index is 0.189. The number of carbonyl (C=O) groups excluding carboxylic acids is 1. The highest BCUT2D eigenvalue weighted by molar-refractivity contribution is 5.93. The molecule has 190 valence electrons. The van der Waals surface area contributed by atoms with E-state index in [-0.39, 0.29) is 12.1 Å². The molecule has 0 bridgehead atoms. The zero-order valence-electron chi connectivity index (χ0n) is 19.9. The van der Waals surface area contributed by atoms with Crippen LogP contribution in [0.15, 0.2) is 18.2 Å². The summed E-state index contributed by atoms with van der Waals surface area (Å²) in [6, 6.07) is 3.95.